The molecule has 2 rings (SSSR count). The Labute approximate surface area is 111 Å². The lowest BCUT2D eigenvalue weighted by atomic mass is 10.3. The number of imidazole rings is 1. The first-order valence-electron chi connectivity index (χ1n) is 5.90. The summed E-state index contributed by atoms with van der Waals surface area (Å²) in [5.41, 5.74) is 2.12. The van der Waals surface area contributed by atoms with Crippen molar-refractivity contribution >= 4 is 28.7 Å². The lowest BCUT2D eigenvalue weighted by Crippen LogP contribution is -2.28. The molecule has 2 aromatic rings. The first-order valence-corrected chi connectivity index (χ1v) is 7.29. The van der Waals surface area contributed by atoms with Crippen LogP contribution in [0.1, 0.15) is 5.82 Å². The lowest BCUT2D eigenvalue weighted by Gasteiger charge is -2.08. The van der Waals surface area contributed by atoms with Crippen LogP contribution in [0.4, 0.5) is 0 Å². The molecule has 1 aromatic heterocycles. The molecule has 0 atom stereocenters. The summed E-state index contributed by atoms with van der Waals surface area (Å²) in [7, 11) is 0. The second kappa shape index (κ2) is 5.91. The number of para-hydroxylation sites is 2. The highest BCUT2D eigenvalue weighted by molar-refractivity contribution is 7.99. The van der Waals surface area contributed by atoms with Crippen molar-refractivity contribution in [3.63, 3.8) is 0 Å². The molecule has 0 saturated carbocycles. The second-order valence-electron chi connectivity index (χ2n) is 4.08. The largest absolute Gasteiger partial charge is 0.354 e. The van der Waals surface area contributed by atoms with Crippen LogP contribution >= 0.6 is 11.8 Å². The standard InChI is InChI=1S/C13H17N3OS/c1-10-15-11-5-3-4-6-12(11)16(10)8-7-14-13(17)9-18-2/h3-6H,7-9H2,1-2H3,(H,14,17). The normalized spacial score (nSPS) is 10.8. The van der Waals surface area contributed by atoms with Crippen LogP contribution in [0.2, 0.25) is 0 Å². The summed E-state index contributed by atoms with van der Waals surface area (Å²) in [6.07, 6.45) is 1.92. The van der Waals surface area contributed by atoms with E-state index in [9.17, 15) is 4.79 Å². The van der Waals surface area contributed by atoms with E-state index in [1.54, 1.807) is 0 Å². The van der Waals surface area contributed by atoms with Gasteiger partial charge in [-0.2, -0.15) is 11.8 Å². The molecule has 0 aliphatic carbocycles. The van der Waals surface area contributed by atoms with E-state index in [1.807, 2.05) is 31.4 Å². The van der Waals surface area contributed by atoms with E-state index in [1.165, 1.54) is 11.8 Å². The van der Waals surface area contributed by atoms with Crippen LogP contribution in [-0.2, 0) is 11.3 Å². The Balaban J connectivity index is 2.03. The number of aryl methyl sites for hydroxylation is 1. The number of aromatic nitrogens is 2. The summed E-state index contributed by atoms with van der Waals surface area (Å²) in [6, 6.07) is 8.05. The van der Waals surface area contributed by atoms with Gasteiger partial charge in [-0.25, -0.2) is 4.98 Å². The number of rotatable bonds is 5. The van der Waals surface area contributed by atoms with Crippen molar-refractivity contribution in [1.82, 2.24) is 14.9 Å². The minimum atomic E-state index is 0.0876. The number of thioether (sulfide) groups is 1. The Morgan fingerprint density at radius 2 is 2.22 bits per heavy atom. The number of nitrogens with one attached hydrogen (secondary N) is 1. The van der Waals surface area contributed by atoms with Gasteiger partial charge >= 0.3 is 0 Å². The number of hydrogen-bond donors (Lipinski definition) is 1. The number of carbonyl (C=O) groups is 1. The SMILES string of the molecule is CSCC(=O)NCCn1c(C)nc2ccccc21. The van der Waals surface area contributed by atoms with Gasteiger partial charge in [-0.05, 0) is 25.3 Å². The topological polar surface area (TPSA) is 46.9 Å². The third-order valence-electron chi connectivity index (χ3n) is 2.78. The fourth-order valence-electron chi connectivity index (χ4n) is 1.97. The molecule has 0 radical (unpaired) electrons. The first kappa shape index (κ1) is 13.0. The van der Waals surface area contributed by atoms with Gasteiger partial charge in [0.2, 0.25) is 5.91 Å². The summed E-state index contributed by atoms with van der Waals surface area (Å²) in [5.74, 6) is 1.59. The summed E-state index contributed by atoms with van der Waals surface area (Å²) >= 11 is 1.53. The van der Waals surface area contributed by atoms with Crippen LogP contribution in [0.25, 0.3) is 11.0 Å². The average molecular weight is 263 g/mol. The van der Waals surface area contributed by atoms with Gasteiger partial charge in [0.15, 0.2) is 0 Å². The Morgan fingerprint density at radius 1 is 1.44 bits per heavy atom. The van der Waals surface area contributed by atoms with E-state index in [4.69, 9.17) is 0 Å². The highest BCUT2D eigenvalue weighted by Crippen LogP contribution is 2.14. The van der Waals surface area contributed by atoms with Gasteiger partial charge in [0, 0.05) is 13.1 Å². The highest BCUT2D eigenvalue weighted by Gasteiger charge is 2.06. The fraction of sp³-hybridized carbons (Fsp3) is 0.385. The van der Waals surface area contributed by atoms with Crippen LogP contribution < -0.4 is 5.32 Å². The van der Waals surface area contributed by atoms with Gasteiger partial charge < -0.3 is 9.88 Å². The van der Waals surface area contributed by atoms with Crippen molar-refractivity contribution in [2.24, 2.45) is 0 Å². The molecule has 1 amide bonds. The van der Waals surface area contributed by atoms with Crippen LogP contribution in [0.3, 0.4) is 0 Å². The third-order valence-corrected chi connectivity index (χ3v) is 3.33. The number of fused-ring (bicyclic) bond motifs is 1. The highest BCUT2D eigenvalue weighted by atomic mass is 32.2. The van der Waals surface area contributed by atoms with Gasteiger partial charge in [-0.3, -0.25) is 4.79 Å². The van der Waals surface area contributed by atoms with Crippen LogP contribution in [-0.4, -0.2) is 34.0 Å². The quantitative estimate of drug-likeness (QED) is 0.895. The first-order chi connectivity index (χ1) is 8.72. The van der Waals surface area contributed by atoms with Crippen molar-refractivity contribution in [3.8, 4) is 0 Å². The van der Waals surface area contributed by atoms with Crippen molar-refractivity contribution in [2.75, 3.05) is 18.6 Å². The maximum atomic E-state index is 11.4. The molecule has 5 heteroatoms. The Morgan fingerprint density at radius 3 is 3.00 bits per heavy atom. The van der Waals surface area contributed by atoms with Crippen LogP contribution in [0.5, 0.6) is 0 Å². The van der Waals surface area contributed by atoms with Gasteiger partial charge in [0.1, 0.15) is 5.82 Å². The average Bonchev–Trinajstić information content (AvgIpc) is 2.66. The molecular weight excluding hydrogens is 246 g/mol. The molecular formula is C13H17N3OS. The molecule has 18 heavy (non-hydrogen) atoms. The molecule has 1 N–H and O–H groups in total. The second-order valence-corrected chi connectivity index (χ2v) is 4.95. The fourth-order valence-corrected chi connectivity index (χ4v) is 2.33. The van der Waals surface area contributed by atoms with E-state index >= 15 is 0 Å². The molecule has 4 nitrogen and oxygen atoms in total. The predicted octanol–water partition coefficient (Wildman–Crippen LogP) is 1.82. The zero-order chi connectivity index (χ0) is 13.0. The lowest BCUT2D eigenvalue weighted by molar-refractivity contribution is -0.118. The molecule has 0 bridgehead atoms. The molecule has 96 valence electrons. The Kier molecular flexibility index (Phi) is 4.25. The number of amides is 1. The molecule has 0 fully saturated rings. The van der Waals surface area contributed by atoms with E-state index in [2.05, 4.69) is 20.9 Å². The maximum Gasteiger partial charge on any atom is 0.230 e. The molecule has 0 aliphatic rings. The van der Waals surface area contributed by atoms with E-state index in [-0.39, 0.29) is 5.91 Å². The van der Waals surface area contributed by atoms with Gasteiger partial charge in [-0.15, -0.1) is 0 Å². The molecule has 1 aromatic carbocycles. The molecule has 0 aliphatic heterocycles. The van der Waals surface area contributed by atoms with Crippen molar-refractivity contribution < 1.29 is 4.79 Å². The smallest absolute Gasteiger partial charge is 0.230 e. The number of benzene rings is 1. The summed E-state index contributed by atoms with van der Waals surface area (Å²) in [6.45, 7) is 3.39. The monoisotopic (exact) mass is 263 g/mol. The summed E-state index contributed by atoms with van der Waals surface area (Å²) < 4.78 is 2.13. The van der Waals surface area contributed by atoms with E-state index in [0.717, 1.165) is 23.4 Å². The summed E-state index contributed by atoms with van der Waals surface area (Å²) in [4.78, 5) is 15.9. The zero-order valence-electron chi connectivity index (χ0n) is 10.6. The molecule has 0 unspecified atom stereocenters. The third kappa shape index (κ3) is 2.85. The van der Waals surface area contributed by atoms with Crippen LogP contribution in [0.15, 0.2) is 24.3 Å². The predicted molar refractivity (Wildman–Crippen MR) is 75.9 cm³/mol. The molecule has 0 spiro atoms. The van der Waals surface area contributed by atoms with Crippen LogP contribution in [0, 0.1) is 6.92 Å². The number of nitrogens with zero attached hydrogens (tertiary/aromatic N) is 2. The molecule has 1 heterocycles. The Hall–Kier alpha value is -1.49. The maximum absolute atomic E-state index is 11.4. The van der Waals surface area contributed by atoms with Gasteiger partial charge in [0.25, 0.3) is 0 Å². The van der Waals surface area contributed by atoms with E-state index in [0.29, 0.717) is 12.3 Å². The minimum Gasteiger partial charge on any atom is -0.354 e. The van der Waals surface area contributed by atoms with Crippen molar-refractivity contribution in [2.45, 2.75) is 13.5 Å². The Bertz CT molecular complexity index is 550. The molecule has 0 saturated heterocycles. The zero-order valence-corrected chi connectivity index (χ0v) is 11.5. The van der Waals surface area contributed by atoms with Gasteiger partial charge in [0.05, 0.1) is 16.8 Å². The number of hydrogen-bond acceptors (Lipinski definition) is 3. The van der Waals surface area contributed by atoms with Crippen molar-refractivity contribution in [1.29, 1.82) is 0 Å². The van der Waals surface area contributed by atoms with Crippen molar-refractivity contribution in [3.05, 3.63) is 30.1 Å². The summed E-state index contributed by atoms with van der Waals surface area (Å²) in [5, 5.41) is 2.91. The number of carbonyl (C=O) groups excluding carboxylic acids is 1. The van der Waals surface area contributed by atoms with E-state index < -0.39 is 0 Å². The van der Waals surface area contributed by atoms with Gasteiger partial charge in [-0.1, -0.05) is 12.1 Å². The minimum absolute atomic E-state index is 0.0876.